The van der Waals surface area contributed by atoms with E-state index in [1.54, 1.807) is 27.7 Å². The van der Waals surface area contributed by atoms with E-state index < -0.39 is 72.1 Å². The molecule has 0 aliphatic carbocycles. The largest absolute Gasteiger partial charge is 0.481 e. The quantitative estimate of drug-likeness (QED) is 0.181. The van der Waals surface area contributed by atoms with Crippen LogP contribution >= 0.6 is 0 Å². The molecule has 0 aliphatic heterocycles. The number of nitrogens with one attached hydrogen (secondary N) is 4. The lowest BCUT2D eigenvalue weighted by atomic mass is 10.0. The number of aromatic nitrogens is 2. The number of amides is 3. The summed E-state index contributed by atoms with van der Waals surface area (Å²) in [6.45, 7) is 6.44. The summed E-state index contributed by atoms with van der Waals surface area (Å²) in [5, 5.41) is 25.5. The van der Waals surface area contributed by atoms with Gasteiger partial charge in [0.05, 0.1) is 18.8 Å². The minimum atomic E-state index is -1.55. The molecule has 13 heteroatoms. The second kappa shape index (κ2) is 12.5. The van der Waals surface area contributed by atoms with Crippen molar-refractivity contribution in [2.24, 2.45) is 17.6 Å². The van der Waals surface area contributed by atoms with Gasteiger partial charge in [-0.25, -0.2) is 9.78 Å². The van der Waals surface area contributed by atoms with Crippen molar-refractivity contribution < 1.29 is 34.2 Å². The molecule has 0 bridgehead atoms. The van der Waals surface area contributed by atoms with E-state index in [9.17, 15) is 29.1 Å². The fourth-order valence-electron chi connectivity index (χ4n) is 2.93. The Morgan fingerprint density at radius 1 is 0.939 bits per heavy atom. The van der Waals surface area contributed by atoms with Crippen LogP contribution < -0.4 is 21.7 Å². The van der Waals surface area contributed by atoms with Gasteiger partial charge in [-0.1, -0.05) is 27.7 Å². The lowest BCUT2D eigenvalue weighted by molar-refractivity contribution is -0.144. The first-order chi connectivity index (χ1) is 15.3. The van der Waals surface area contributed by atoms with Gasteiger partial charge in [-0.3, -0.25) is 19.2 Å². The predicted molar refractivity (Wildman–Crippen MR) is 116 cm³/mol. The number of carbonyl (C=O) groups is 5. The molecule has 3 amide bonds. The van der Waals surface area contributed by atoms with E-state index in [-0.39, 0.29) is 6.42 Å². The molecule has 4 atom stereocenters. The van der Waals surface area contributed by atoms with Crippen LogP contribution in [-0.4, -0.2) is 74.0 Å². The average molecular weight is 469 g/mol. The van der Waals surface area contributed by atoms with Gasteiger partial charge in [-0.2, -0.15) is 0 Å². The molecule has 0 saturated carbocycles. The molecular formula is C20H32N6O7. The Hall–Kier alpha value is -3.48. The molecule has 1 rings (SSSR count). The Kier molecular flexibility index (Phi) is 10.5. The zero-order valence-electron chi connectivity index (χ0n) is 19.0. The second-order valence-electron chi connectivity index (χ2n) is 8.35. The van der Waals surface area contributed by atoms with Crippen LogP contribution in [0.2, 0.25) is 0 Å². The van der Waals surface area contributed by atoms with Crippen LogP contribution in [-0.2, 0) is 30.4 Å². The van der Waals surface area contributed by atoms with E-state index in [0.29, 0.717) is 5.69 Å². The monoisotopic (exact) mass is 468 g/mol. The van der Waals surface area contributed by atoms with E-state index >= 15 is 0 Å². The summed E-state index contributed by atoms with van der Waals surface area (Å²) in [6, 6.07) is -4.92. The van der Waals surface area contributed by atoms with Crippen molar-refractivity contribution in [1.82, 2.24) is 25.9 Å². The first kappa shape index (κ1) is 27.6. The molecule has 0 aromatic carbocycles. The number of hydrogen-bond donors (Lipinski definition) is 7. The van der Waals surface area contributed by atoms with Crippen molar-refractivity contribution in [3.63, 3.8) is 0 Å². The van der Waals surface area contributed by atoms with Gasteiger partial charge in [0.2, 0.25) is 17.7 Å². The Balaban J connectivity index is 2.91. The lowest BCUT2D eigenvalue weighted by Crippen LogP contribution is -2.59. The number of aromatic amines is 1. The molecule has 33 heavy (non-hydrogen) atoms. The van der Waals surface area contributed by atoms with Crippen molar-refractivity contribution in [3.8, 4) is 0 Å². The van der Waals surface area contributed by atoms with Gasteiger partial charge in [0.25, 0.3) is 0 Å². The normalized spacial score (nSPS) is 14.8. The van der Waals surface area contributed by atoms with E-state index in [0.717, 1.165) is 0 Å². The van der Waals surface area contributed by atoms with E-state index in [2.05, 4.69) is 25.9 Å². The van der Waals surface area contributed by atoms with Crippen LogP contribution in [0.15, 0.2) is 12.5 Å². The summed E-state index contributed by atoms with van der Waals surface area (Å²) in [5.74, 6) is -5.96. The standard InChI is InChI=1S/C20H32N6O7/c1-9(2)15(25-17(29)12(21)5-11-7-22-8-23-11)19(31)24-13(6-14(27)28)18(30)26-16(10(3)4)20(32)33/h7-10,12-13,15-16H,5-6,21H2,1-4H3,(H,22,23)(H,24,31)(H,25,29)(H,26,30)(H,27,28)(H,32,33). The van der Waals surface area contributed by atoms with Crippen molar-refractivity contribution in [2.75, 3.05) is 0 Å². The molecule has 184 valence electrons. The highest BCUT2D eigenvalue weighted by Gasteiger charge is 2.33. The van der Waals surface area contributed by atoms with Crippen molar-refractivity contribution in [1.29, 1.82) is 0 Å². The average Bonchev–Trinajstić information content (AvgIpc) is 3.20. The molecule has 0 radical (unpaired) electrons. The molecular weight excluding hydrogens is 436 g/mol. The van der Waals surface area contributed by atoms with Gasteiger partial charge in [-0.15, -0.1) is 0 Å². The zero-order valence-corrected chi connectivity index (χ0v) is 19.0. The molecule has 1 aromatic heterocycles. The van der Waals surface area contributed by atoms with Crippen LogP contribution in [0.1, 0.15) is 39.8 Å². The van der Waals surface area contributed by atoms with Gasteiger partial charge in [0.1, 0.15) is 18.1 Å². The van der Waals surface area contributed by atoms with Crippen LogP contribution in [0.4, 0.5) is 0 Å². The van der Waals surface area contributed by atoms with Crippen molar-refractivity contribution in [2.45, 2.75) is 64.7 Å². The fraction of sp³-hybridized carbons (Fsp3) is 0.600. The van der Waals surface area contributed by atoms with Gasteiger partial charge >= 0.3 is 11.9 Å². The molecule has 0 saturated heterocycles. The summed E-state index contributed by atoms with van der Waals surface area (Å²) in [7, 11) is 0. The van der Waals surface area contributed by atoms with Gasteiger partial charge < -0.3 is 36.9 Å². The maximum atomic E-state index is 12.8. The summed E-state index contributed by atoms with van der Waals surface area (Å²) < 4.78 is 0. The number of carbonyl (C=O) groups excluding carboxylic acids is 3. The van der Waals surface area contributed by atoms with Crippen LogP contribution in [0.25, 0.3) is 0 Å². The number of nitrogens with zero attached hydrogens (tertiary/aromatic N) is 1. The molecule has 13 nitrogen and oxygen atoms in total. The number of carboxylic acids is 2. The van der Waals surface area contributed by atoms with E-state index in [1.165, 1.54) is 12.5 Å². The second-order valence-corrected chi connectivity index (χ2v) is 8.35. The summed E-state index contributed by atoms with van der Waals surface area (Å²) in [6.07, 6.45) is 2.32. The summed E-state index contributed by atoms with van der Waals surface area (Å²) >= 11 is 0. The SMILES string of the molecule is CC(C)C(NC(=O)C(CC(=O)O)NC(=O)C(NC(=O)C(N)Cc1cnc[nH]1)C(C)C)C(=O)O. The predicted octanol–water partition coefficient (Wildman–Crippen LogP) is -1.39. The van der Waals surface area contributed by atoms with Crippen molar-refractivity contribution in [3.05, 3.63) is 18.2 Å². The Morgan fingerprint density at radius 3 is 1.97 bits per heavy atom. The first-order valence-corrected chi connectivity index (χ1v) is 10.4. The summed E-state index contributed by atoms with van der Waals surface area (Å²) in [4.78, 5) is 67.1. The highest BCUT2D eigenvalue weighted by atomic mass is 16.4. The third kappa shape index (κ3) is 8.88. The number of hydrogen-bond acceptors (Lipinski definition) is 7. The van der Waals surface area contributed by atoms with Crippen molar-refractivity contribution >= 4 is 29.7 Å². The Morgan fingerprint density at radius 2 is 1.52 bits per heavy atom. The third-order valence-corrected chi connectivity index (χ3v) is 4.82. The minimum absolute atomic E-state index is 0.147. The third-order valence-electron chi connectivity index (χ3n) is 4.82. The number of nitrogens with two attached hydrogens (primary N) is 1. The highest BCUT2D eigenvalue weighted by Crippen LogP contribution is 2.07. The van der Waals surface area contributed by atoms with Crippen LogP contribution in [0.5, 0.6) is 0 Å². The van der Waals surface area contributed by atoms with Crippen LogP contribution in [0, 0.1) is 11.8 Å². The topological polar surface area (TPSA) is 217 Å². The number of H-pyrrole nitrogens is 1. The van der Waals surface area contributed by atoms with Gasteiger partial charge in [-0.05, 0) is 11.8 Å². The molecule has 1 heterocycles. The van der Waals surface area contributed by atoms with Crippen LogP contribution in [0.3, 0.4) is 0 Å². The summed E-state index contributed by atoms with van der Waals surface area (Å²) in [5.41, 5.74) is 6.52. The lowest BCUT2D eigenvalue weighted by Gasteiger charge is -2.27. The maximum absolute atomic E-state index is 12.8. The number of carboxylic acid groups (broad SMARTS) is 2. The van der Waals surface area contributed by atoms with Gasteiger partial charge in [0.15, 0.2) is 0 Å². The maximum Gasteiger partial charge on any atom is 0.326 e. The number of imidazole rings is 1. The molecule has 1 aromatic rings. The fourth-order valence-corrected chi connectivity index (χ4v) is 2.93. The molecule has 0 aliphatic rings. The Labute approximate surface area is 190 Å². The molecule has 0 spiro atoms. The molecule has 0 fully saturated rings. The number of rotatable bonds is 13. The Bertz CT molecular complexity index is 840. The molecule has 8 N–H and O–H groups in total. The molecule has 4 unspecified atom stereocenters. The van der Waals surface area contributed by atoms with E-state index in [4.69, 9.17) is 10.8 Å². The number of aliphatic carboxylic acids is 2. The van der Waals surface area contributed by atoms with Gasteiger partial charge in [0, 0.05) is 18.3 Å². The minimum Gasteiger partial charge on any atom is -0.481 e. The highest BCUT2D eigenvalue weighted by molar-refractivity contribution is 5.95. The first-order valence-electron chi connectivity index (χ1n) is 10.4. The smallest absolute Gasteiger partial charge is 0.326 e. The zero-order chi connectivity index (χ0) is 25.3. The van der Waals surface area contributed by atoms with E-state index in [1.807, 2.05) is 0 Å².